The maximum Gasteiger partial charge on any atom is 0.223 e. The Morgan fingerprint density at radius 2 is 2.47 bits per heavy atom. The molecule has 4 nitrogen and oxygen atoms in total. The van der Waals surface area contributed by atoms with Crippen molar-refractivity contribution in [3.63, 3.8) is 0 Å². The third-order valence-corrected chi connectivity index (χ3v) is 2.76. The molecule has 0 bridgehead atoms. The van der Waals surface area contributed by atoms with E-state index in [2.05, 4.69) is 0 Å². The Morgan fingerprint density at radius 3 is 3.07 bits per heavy atom. The molecule has 4 heteroatoms. The van der Waals surface area contributed by atoms with E-state index in [1.165, 1.54) is 0 Å². The molecule has 2 heterocycles. The lowest BCUT2D eigenvalue weighted by molar-refractivity contribution is -0.127. The largest absolute Gasteiger partial charge is 0.469 e. The first-order valence-corrected chi connectivity index (χ1v) is 5.20. The van der Waals surface area contributed by atoms with Crippen LogP contribution in [0.1, 0.15) is 12.2 Å². The summed E-state index contributed by atoms with van der Waals surface area (Å²) in [6.45, 7) is 1.46. The topological polar surface area (TPSA) is 53.7 Å². The number of aliphatic hydroxyl groups is 1. The van der Waals surface area contributed by atoms with Crippen molar-refractivity contribution in [1.82, 2.24) is 4.90 Å². The van der Waals surface area contributed by atoms with Gasteiger partial charge in [-0.3, -0.25) is 4.79 Å². The Labute approximate surface area is 88.5 Å². The van der Waals surface area contributed by atoms with E-state index >= 15 is 0 Å². The number of hydrogen-bond acceptors (Lipinski definition) is 3. The maximum atomic E-state index is 11.5. The molecule has 0 radical (unpaired) electrons. The fraction of sp³-hybridized carbons (Fsp3) is 0.545. The number of likely N-dealkylation sites (tertiary alicyclic amines) is 1. The van der Waals surface area contributed by atoms with Gasteiger partial charge in [-0.25, -0.2) is 0 Å². The molecule has 1 amide bonds. The predicted molar refractivity (Wildman–Crippen MR) is 54.2 cm³/mol. The summed E-state index contributed by atoms with van der Waals surface area (Å²) in [5.74, 6) is 1.16. The molecule has 1 N–H and O–H groups in total. The van der Waals surface area contributed by atoms with Crippen molar-refractivity contribution < 1.29 is 14.3 Å². The van der Waals surface area contributed by atoms with Gasteiger partial charge in [0.05, 0.1) is 6.26 Å². The molecule has 2 rings (SSSR count). The van der Waals surface area contributed by atoms with Crippen molar-refractivity contribution >= 4 is 5.91 Å². The highest BCUT2D eigenvalue weighted by molar-refractivity contribution is 5.78. The molecule has 0 spiro atoms. The third kappa shape index (κ3) is 2.39. The summed E-state index contributed by atoms with van der Waals surface area (Å²) >= 11 is 0. The molecule has 1 aromatic heterocycles. The molecule has 0 aliphatic carbocycles. The number of amides is 1. The Bertz CT molecular complexity index is 321. The average Bonchev–Trinajstić information content (AvgIpc) is 2.84. The third-order valence-electron chi connectivity index (χ3n) is 2.76. The van der Waals surface area contributed by atoms with Crippen LogP contribution in [0.25, 0.3) is 0 Å². The zero-order valence-electron chi connectivity index (χ0n) is 8.56. The van der Waals surface area contributed by atoms with E-state index in [4.69, 9.17) is 9.52 Å². The van der Waals surface area contributed by atoms with Crippen LogP contribution in [0.2, 0.25) is 0 Å². The van der Waals surface area contributed by atoms with Gasteiger partial charge in [0, 0.05) is 38.5 Å². The van der Waals surface area contributed by atoms with Crippen LogP contribution in [-0.4, -0.2) is 35.6 Å². The van der Waals surface area contributed by atoms with E-state index in [1.807, 2.05) is 12.1 Å². The quantitative estimate of drug-likeness (QED) is 0.792. The van der Waals surface area contributed by atoms with Crippen molar-refractivity contribution in [1.29, 1.82) is 0 Å². The highest BCUT2D eigenvalue weighted by atomic mass is 16.3. The molecule has 1 saturated heterocycles. The Morgan fingerprint density at radius 1 is 1.60 bits per heavy atom. The first-order valence-electron chi connectivity index (χ1n) is 5.20. The maximum absolute atomic E-state index is 11.5. The molecule has 1 unspecified atom stereocenters. The molecular weight excluding hydrogens is 194 g/mol. The molecule has 0 aromatic carbocycles. The lowest BCUT2D eigenvalue weighted by Crippen LogP contribution is -2.27. The van der Waals surface area contributed by atoms with Gasteiger partial charge in [-0.1, -0.05) is 0 Å². The standard InChI is InChI=1S/C11H15NO3/c13-8-9-6-11(14)12(7-9)4-3-10-2-1-5-15-10/h1-2,5,9,13H,3-4,6-8H2. The van der Waals surface area contributed by atoms with Crippen LogP contribution < -0.4 is 0 Å². The Hall–Kier alpha value is -1.29. The Kier molecular flexibility index (Phi) is 3.06. The summed E-state index contributed by atoms with van der Waals surface area (Å²) in [7, 11) is 0. The molecule has 1 aliphatic rings. The minimum Gasteiger partial charge on any atom is -0.469 e. The second-order valence-electron chi connectivity index (χ2n) is 3.92. The van der Waals surface area contributed by atoms with E-state index in [-0.39, 0.29) is 18.4 Å². The zero-order valence-corrected chi connectivity index (χ0v) is 8.56. The van der Waals surface area contributed by atoms with E-state index in [9.17, 15) is 4.79 Å². The summed E-state index contributed by atoms with van der Waals surface area (Å²) in [5.41, 5.74) is 0. The van der Waals surface area contributed by atoms with E-state index in [1.54, 1.807) is 11.2 Å². The van der Waals surface area contributed by atoms with E-state index in [0.29, 0.717) is 19.5 Å². The fourth-order valence-electron chi connectivity index (χ4n) is 1.89. The van der Waals surface area contributed by atoms with Gasteiger partial charge in [0.25, 0.3) is 0 Å². The number of furan rings is 1. The highest BCUT2D eigenvalue weighted by Crippen LogP contribution is 2.17. The van der Waals surface area contributed by atoms with Gasteiger partial charge in [0.15, 0.2) is 0 Å². The molecule has 1 fully saturated rings. The summed E-state index contributed by atoms with van der Waals surface area (Å²) in [6, 6.07) is 3.75. The van der Waals surface area contributed by atoms with Gasteiger partial charge in [-0.2, -0.15) is 0 Å². The van der Waals surface area contributed by atoms with Gasteiger partial charge < -0.3 is 14.4 Å². The molecule has 0 saturated carbocycles. The molecule has 1 atom stereocenters. The monoisotopic (exact) mass is 209 g/mol. The summed E-state index contributed by atoms with van der Waals surface area (Å²) in [6.07, 6.45) is 2.86. The zero-order chi connectivity index (χ0) is 10.7. The van der Waals surface area contributed by atoms with Gasteiger partial charge in [0.2, 0.25) is 5.91 Å². The number of carbonyl (C=O) groups excluding carboxylic acids is 1. The van der Waals surface area contributed by atoms with Crippen LogP contribution in [-0.2, 0) is 11.2 Å². The van der Waals surface area contributed by atoms with Gasteiger partial charge >= 0.3 is 0 Å². The normalized spacial score (nSPS) is 21.3. The number of aliphatic hydroxyl groups excluding tert-OH is 1. The fourth-order valence-corrected chi connectivity index (χ4v) is 1.89. The predicted octanol–water partition coefficient (Wildman–Crippen LogP) is 0.663. The average molecular weight is 209 g/mol. The minimum atomic E-state index is 0.100. The van der Waals surface area contributed by atoms with Crippen LogP contribution >= 0.6 is 0 Å². The SMILES string of the molecule is O=C1CC(CO)CN1CCc1ccco1. The summed E-state index contributed by atoms with van der Waals surface area (Å²) < 4.78 is 5.19. The number of nitrogens with zero attached hydrogens (tertiary/aromatic N) is 1. The van der Waals surface area contributed by atoms with Gasteiger partial charge in [-0.05, 0) is 12.1 Å². The van der Waals surface area contributed by atoms with Crippen molar-refractivity contribution in [3.8, 4) is 0 Å². The van der Waals surface area contributed by atoms with Gasteiger partial charge in [-0.15, -0.1) is 0 Å². The van der Waals surface area contributed by atoms with Crippen molar-refractivity contribution in [2.75, 3.05) is 19.7 Å². The summed E-state index contributed by atoms with van der Waals surface area (Å²) in [5, 5.41) is 8.96. The van der Waals surface area contributed by atoms with Crippen molar-refractivity contribution in [2.24, 2.45) is 5.92 Å². The highest BCUT2D eigenvalue weighted by Gasteiger charge is 2.28. The molecule has 15 heavy (non-hydrogen) atoms. The van der Waals surface area contributed by atoms with Crippen LogP contribution in [0.4, 0.5) is 0 Å². The first-order chi connectivity index (χ1) is 7.29. The minimum absolute atomic E-state index is 0.100. The Balaban J connectivity index is 1.83. The van der Waals surface area contributed by atoms with Crippen LogP contribution in [0.3, 0.4) is 0 Å². The number of hydrogen-bond donors (Lipinski definition) is 1. The van der Waals surface area contributed by atoms with Crippen LogP contribution in [0.15, 0.2) is 22.8 Å². The van der Waals surface area contributed by atoms with Crippen LogP contribution in [0.5, 0.6) is 0 Å². The molecular formula is C11H15NO3. The smallest absolute Gasteiger partial charge is 0.223 e. The first kappa shape index (κ1) is 10.2. The van der Waals surface area contributed by atoms with Crippen LogP contribution in [0, 0.1) is 5.92 Å². The van der Waals surface area contributed by atoms with Crippen molar-refractivity contribution in [3.05, 3.63) is 24.2 Å². The van der Waals surface area contributed by atoms with E-state index in [0.717, 1.165) is 12.2 Å². The molecule has 1 aromatic rings. The molecule has 1 aliphatic heterocycles. The molecule has 82 valence electrons. The second-order valence-corrected chi connectivity index (χ2v) is 3.92. The summed E-state index contributed by atoms with van der Waals surface area (Å²) in [4.78, 5) is 13.3. The lowest BCUT2D eigenvalue weighted by atomic mass is 10.1. The number of carbonyl (C=O) groups is 1. The lowest BCUT2D eigenvalue weighted by Gasteiger charge is -2.15. The second kappa shape index (κ2) is 4.49. The van der Waals surface area contributed by atoms with Crippen molar-refractivity contribution in [2.45, 2.75) is 12.8 Å². The van der Waals surface area contributed by atoms with Gasteiger partial charge in [0.1, 0.15) is 5.76 Å². The number of rotatable bonds is 4. The van der Waals surface area contributed by atoms with E-state index < -0.39 is 0 Å².